The van der Waals surface area contributed by atoms with Crippen molar-refractivity contribution >= 4 is 39.8 Å². The molecule has 1 atom stereocenters. The van der Waals surface area contributed by atoms with Gasteiger partial charge in [-0.25, -0.2) is 0 Å². The van der Waals surface area contributed by atoms with E-state index >= 15 is 0 Å². The smallest absolute Gasteiger partial charge is 0.0737 e. The minimum atomic E-state index is 0.225. The Kier molecular flexibility index (Phi) is 3.52. The lowest BCUT2D eigenvalue weighted by Gasteiger charge is -2.13. The number of nitrogens with zero attached hydrogens (tertiary/aromatic N) is 1. The molecule has 0 saturated carbocycles. The van der Waals surface area contributed by atoms with E-state index < -0.39 is 0 Å². The zero-order valence-corrected chi connectivity index (χ0v) is 10.4. The Morgan fingerprint density at radius 1 is 1.38 bits per heavy atom. The van der Waals surface area contributed by atoms with Crippen molar-refractivity contribution < 1.29 is 0 Å². The number of halogens is 2. The van der Waals surface area contributed by atoms with Crippen molar-refractivity contribution in [2.24, 2.45) is 0 Å². The Hall–Kier alpha value is -0.990. The average Bonchev–Trinajstić information content (AvgIpc) is 2.28. The third-order valence-electron chi connectivity index (χ3n) is 2.34. The highest BCUT2D eigenvalue weighted by molar-refractivity contribution is 6.31. The third kappa shape index (κ3) is 2.39. The second-order valence-corrected chi connectivity index (χ2v) is 4.46. The molecule has 0 amide bonds. The first-order valence-electron chi connectivity index (χ1n) is 5.07. The zero-order chi connectivity index (χ0) is 11.5. The second kappa shape index (κ2) is 4.89. The van der Waals surface area contributed by atoms with Crippen molar-refractivity contribution in [2.45, 2.75) is 13.0 Å². The molecule has 2 rings (SSSR count). The van der Waals surface area contributed by atoms with Crippen molar-refractivity contribution in [3.05, 3.63) is 35.5 Å². The molecule has 0 aliphatic rings. The summed E-state index contributed by atoms with van der Waals surface area (Å²) < 4.78 is 0. The van der Waals surface area contributed by atoms with E-state index in [-0.39, 0.29) is 6.04 Å². The minimum absolute atomic E-state index is 0.225. The number of nitrogens with one attached hydrogen (secondary N) is 1. The number of anilines is 1. The molecule has 0 unspecified atom stereocenters. The van der Waals surface area contributed by atoms with Gasteiger partial charge >= 0.3 is 0 Å². The van der Waals surface area contributed by atoms with E-state index in [9.17, 15) is 0 Å². The molecule has 16 heavy (non-hydrogen) atoms. The number of hydrogen-bond acceptors (Lipinski definition) is 2. The van der Waals surface area contributed by atoms with Crippen LogP contribution >= 0.6 is 23.2 Å². The number of hydrogen-bond donors (Lipinski definition) is 1. The summed E-state index contributed by atoms with van der Waals surface area (Å²) in [6.07, 6.45) is 1.77. The number of aromatic nitrogens is 1. The summed E-state index contributed by atoms with van der Waals surface area (Å²) in [6.45, 7) is 2.04. The normalized spacial score (nSPS) is 12.7. The number of fused-ring (bicyclic) bond motifs is 1. The van der Waals surface area contributed by atoms with E-state index in [4.69, 9.17) is 23.2 Å². The SMILES string of the molecule is C[C@H](CCl)Nc1ccnc2cc(Cl)ccc12. The first kappa shape index (κ1) is 11.5. The lowest BCUT2D eigenvalue weighted by atomic mass is 10.2. The highest BCUT2D eigenvalue weighted by Crippen LogP contribution is 2.24. The fourth-order valence-electron chi connectivity index (χ4n) is 1.55. The highest BCUT2D eigenvalue weighted by atomic mass is 35.5. The molecule has 0 aliphatic heterocycles. The maximum absolute atomic E-state index is 5.92. The maximum Gasteiger partial charge on any atom is 0.0737 e. The summed E-state index contributed by atoms with van der Waals surface area (Å²) in [7, 11) is 0. The first-order chi connectivity index (χ1) is 7.70. The first-order valence-corrected chi connectivity index (χ1v) is 5.98. The maximum atomic E-state index is 5.92. The number of pyridine rings is 1. The van der Waals surface area contributed by atoms with Crippen LogP contribution in [-0.4, -0.2) is 16.9 Å². The topological polar surface area (TPSA) is 24.9 Å². The standard InChI is InChI=1S/C12H12Cl2N2/c1-8(7-13)16-11-4-5-15-12-6-9(14)2-3-10(11)12/h2-6,8H,7H2,1H3,(H,15,16)/t8-/m1/s1. The van der Waals surface area contributed by atoms with Crippen LogP contribution in [0.25, 0.3) is 10.9 Å². The molecule has 2 nitrogen and oxygen atoms in total. The quantitative estimate of drug-likeness (QED) is 0.840. The van der Waals surface area contributed by atoms with Gasteiger partial charge in [0.25, 0.3) is 0 Å². The Morgan fingerprint density at radius 3 is 2.94 bits per heavy atom. The van der Waals surface area contributed by atoms with Gasteiger partial charge in [-0.3, -0.25) is 4.98 Å². The molecular weight excluding hydrogens is 243 g/mol. The summed E-state index contributed by atoms with van der Waals surface area (Å²) in [4.78, 5) is 4.28. The second-order valence-electron chi connectivity index (χ2n) is 3.72. The molecular formula is C12H12Cl2N2. The molecule has 0 radical (unpaired) electrons. The molecule has 4 heteroatoms. The molecule has 84 valence electrons. The third-order valence-corrected chi connectivity index (χ3v) is 3.04. The van der Waals surface area contributed by atoms with Crippen molar-refractivity contribution in [2.75, 3.05) is 11.2 Å². The lowest BCUT2D eigenvalue weighted by molar-refractivity contribution is 0.909. The summed E-state index contributed by atoms with van der Waals surface area (Å²) in [6, 6.07) is 7.85. The van der Waals surface area contributed by atoms with Gasteiger partial charge in [0.1, 0.15) is 0 Å². The fraction of sp³-hybridized carbons (Fsp3) is 0.250. The highest BCUT2D eigenvalue weighted by Gasteiger charge is 2.05. The molecule has 1 aromatic heterocycles. The van der Waals surface area contributed by atoms with Crippen molar-refractivity contribution in [1.29, 1.82) is 0 Å². The largest absolute Gasteiger partial charge is 0.381 e. The predicted octanol–water partition coefficient (Wildman–Crippen LogP) is 3.93. The Labute approximate surface area is 105 Å². The minimum Gasteiger partial charge on any atom is -0.381 e. The van der Waals surface area contributed by atoms with Gasteiger partial charge in [0.15, 0.2) is 0 Å². The number of rotatable bonds is 3. The van der Waals surface area contributed by atoms with Crippen LogP contribution in [0, 0.1) is 0 Å². The van der Waals surface area contributed by atoms with Gasteiger partial charge in [-0.2, -0.15) is 0 Å². The molecule has 1 heterocycles. The summed E-state index contributed by atoms with van der Waals surface area (Å²) in [5.41, 5.74) is 1.93. The van der Waals surface area contributed by atoms with Crippen LogP contribution in [0.15, 0.2) is 30.5 Å². The summed E-state index contributed by atoms with van der Waals surface area (Å²) in [5, 5.41) is 5.09. The molecule has 0 fully saturated rings. The zero-order valence-electron chi connectivity index (χ0n) is 8.87. The van der Waals surface area contributed by atoms with Crippen LogP contribution in [0.4, 0.5) is 5.69 Å². The van der Waals surface area contributed by atoms with Gasteiger partial charge in [0, 0.05) is 34.2 Å². The predicted molar refractivity (Wildman–Crippen MR) is 70.6 cm³/mol. The monoisotopic (exact) mass is 254 g/mol. The van der Waals surface area contributed by atoms with Crippen LogP contribution in [0.5, 0.6) is 0 Å². The van der Waals surface area contributed by atoms with E-state index in [2.05, 4.69) is 10.3 Å². The Morgan fingerprint density at radius 2 is 2.19 bits per heavy atom. The van der Waals surface area contributed by atoms with Crippen LogP contribution < -0.4 is 5.32 Å². The van der Waals surface area contributed by atoms with Crippen LogP contribution in [0.2, 0.25) is 5.02 Å². The van der Waals surface area contributed by atoms with E-state index in [0.717, 1.165) is 16.6 Å². The number of benzene rings is 1. The molecule has 1 N–H and O–H groups in total. The molecule has 0 spiro atoms. The van der Waals surface area contributed by atoms with Crippen LogP contribution in [-0.2, 0) is 0 Å². The van der Waals surface area contributed by atoms with Gasteiger partial charge in [0.05, 0.1) is 5.52 Å². The van der Waals surface area contributed by atoms with Gasteiger partial charge in [-0.05, 0) is 31.2 Å². The van der Waals surface area contributed by atoms with Crippen molar-refractivity contribution in [3.8, 4) is 0 Å². The van der Waals surface area contributed by atoms with E-state index in [1.807, 2.05) is 31.2 Å². The van der Waals surface area contributed by atoms with E-state index in [0.29, 0.717) is 10.9 Å². The molecule has 2 aromatic rings. The van der Waals surface area contributed by atoms with Crippen molar-refractivity contribution in [3.63, 3.8) is 0 Å². The van der Waals surface area contributed by atoms with Crippen molar-refractivity contribution in [1.82, 2.24) is 4.98 Å². The molecule has 1 aromatic carbocycles. The fourth-order valence-corrected chi connectivity index (χ4v) is 1.79. The van der Waals surface area contributed by atoms with Gasteiger partial charge in [0.2, 0.25) is 0 Å². The lowest BCUT2D eigenvalue weighted by Crippen LogP contribution is -2.16. The summed E-state index contributed by atoms with van der Waals surface area (Å²) >= 11 is 11.7. The van der Waals surface area contributed by atoms with Crippen LogP contribution in [0.1, 0.15) is 6.92 Å². The summed E-state index contributed by atoms with van der Waals surface area (Å²) in [5.74, 6) is 0.567. The Bertz CT molecular complexity index is 499. The van der Waals surface area contributed by atoms with Gasteiger partial charge in [-0.1, -0.05) is 11.6 Å². The molecule has 0 saturated heterocycles. The molecule has 0 bridgehead atoms. The van der Waals surface area contributed by atoms with E-state index in [1.165, 1.54) is 0 Å². The van der Waals surface area contributed by atoms with Gasteiger partial charge in [-0.15, -0.1) is 11.6 Å². The molecule has 0 aliphatic carbocycles. The number of alkyl halides is 1. The average molecular weight is 255 g/mol. The van der Waals surface area contributed by atoms with Crippen LogP contribution in [0.3, 0.4) is 0 Å². The van der Waals surface area contributed by atoms with Gasteiger partial charge < -0.3 is 5.32 Å². The Balaban J connectivity index is 2.45. The van der Waals surface area contributed by atoms with E-state index in [1.54, 1.807) is 6.20 Å².